The van der Waals surface area contributed by atoms with E-state index < -0.39 is 21.9 Å². The van der Waals surface area contributed by atoms with Crippen molar-refractivity contribution in [2.75, 3.05) is 18.8 Å². The molecule has 1 fully saturated rings. The van der Waals surface area contributed by atoms with E-state index in [1.807, 2.05) is 17.5 Å². The Bertz CT molecular complexity index is 509. The summed E-state index contributed by atoms with van der Waals surface area (Å²) in [6, 6.07) is 3.80. The molecule has 1 aromatic heterocycles. The molecule has 7 heteroatoms. The Morgan fingerprint density at radius 2 is 2.33 bits per heavy atom. The lowest BCUT2D eigenvalue weighted by Crippen LogP contribution is -2.32. The summed E-state index contributed by atoms with van der Waals surface area (Å²) in [5.41, 5.74) is 0. The largest absolute Gasteiger partial charge is 0.481 e. The lowest BCUT2D eigenvalue weighted by atomic mass is 10.1. The molecule has 2 rings (SSSR count). The first-order valence-corrected chi connectivity index (χ1v) is 8.21. The standard InChI is InChI=1S/C11H15NO4S2/c13-11(14)9-3-5-12(8-9)18(15,16)7-4-10-2-1-6-17-10/h1-2,6,9H,3-5,7-8H2,(H,13,14). The third-order valence-corrected chi connectivity index (χ3v) is 5.85. The summed E-state index contributed by atoms with van der Waals surface area (Å²) in [6.45, 7) is 0.436. The van der Waals surface area contributed by atoms with E-state index in [2.05, 4.69) is 0 Å². The first-order chi connectivity index (χ1) is 8.49. The van der Waals surface area contributed by atoms with E-state index in [-0.39, 0.29) is 12.3 Å². The van der Waals surface area contributed by atoms with Gasteiger partial charge in [-0.25, -0.2) is 12.7 Å². The number of hydrogen-bond acceptors (Lipinski definition) is 4. The van der Waals surface area contributed by atoms with Gasteiger partial charge >= 0.3 is 5.97 Å². The molecular formula is C11H15NO4S2. The Morgan fingerprint density at radius 3 is 2.89 bits per heavy atom. The van der Waals surface area contributed by atoms with Gasteiger partial charge in [-0.2, -0.15) is 0 Å². The molecular weight excluding hydrogens is 274 g/mol. The zero-order chi connectivity index (χ0) is 13.2. The zero-order valence-electron chi connectivity index (χ0n) is 9.78. The number of aliphatic carboxylic acids is 1. The fourth-order valence-electron chi connectivity index (χ4n) is 2.00. The van der Waals surface area contributed by atoms with Crippen LogP contribution in [0.3, 0.4) is 0 Å². The molecule has 5 nitrogen and oxygen atoms in total. The van der Waals surface area contributed by atoms with Gasteiger partial charge in [0, 0.05) is 18.0 Å². The summed E-state index contributed by atoms with van der Waals surface area (Å²) in [4.78, 5) is 11.8. The minimum Gasteiger partial charge on any atom is -0.481 e. The molecule has 0 amide bonds. The highest BCUT2D eigenvalue weighted by atomic mass is 32.2. The number of carboxylic acid groups (broad SMARTS) is 1. The SMILES string of the molecule is O=C(O)C1CCN(S(=O)(=O)CCc2cccs2)C1. The van der Waals surface area contributed by atoms with Crippen molar-refractivity contribution < 1.29 is 18.3 Å². The molecule has 1 aromatic rings. The summed E-state index contributed by atoms with van der Waals surface area (Å²) in [5, 5.41) is 10.8. The van der Waals surface area contributed by atoms with Crippen LogP contribution in [-0.2, 0) is 21.2 Å². The fraction of sp³-hybridized carbons (Fsp3) is 0.545. The lowest BCUT2D eigenvalue weighted by molar-refractivity contribution is -0.141. The van der Waals surface area contributed by atoms with E-state index in [0.717, 1.165) is 4.88 Å². The third kappa shape index (κ3) is 3.09. The maximum absolute atomic E-state index is 12.0. The topological polar surface area (TPSA) is 74.7 Å². The van der Waals surface area contributed by atoms with Crippen molar-refractivity contribution in [3.8, 4) is 0 Å². The lowest BCUT2D eigenvalue weighted by Gasteiger charge is -2.15. The molecule has 1 aliphatic heterocycles. The number of thiophene rings is 1. The molecule has 0 aliphatic carbocycles. The van der Waals surface area contributed by atoms with Gasteiger partial charge in [0.25, 0.3) is 0 Å². The average molecular weight is 289 g/mol. The average Bonchev–Trinajstić information content (AvgIpc) is 2.98. The van der Waals surface area contributed by atoms with Crippen LogP contribution in [0.2, 0.25) is 0 Å². The molecule has 1 N–H and O–H groups in total. The van der Waals surface area contributed by atoms with Gasteiger partial charge in [0.05, 0.1) is 11.7 Å². The number of sulfonamides is 1. The van der Waals surface area contributed by atoms with Crippen LogP contribution >= 0.6 is 11.3 Å². The molecule has 2 heterocycles. The van der Waals surface area contributed by atoms with Gasteiger partial charge in [-0.05, 0) is 24.3 Å². The van der Waals surface area contributed by atoms with Crippen molar-refractivity contribution in [1.82, 2.24) is 4.31 Å². The van der Waals surface area contributed by atoms with Crippen molar-refractivity contribution >= 4 is 27.3 Å². The Kier molecular flexibility index (Phi) is 4.04. The molecule has 0 saturated carbocycles. The van der Waals surface area contributed by atoms with Gasteiger partial charge in [0.1, 0.15) is 0 Å². The summed E-state index contributed by atoms with van der Waals surface area (Å²) in [6.07, 6.45) is 0.905. The highest BCUT2D eigenvalue weighted by Gasteiger charge is 2.34. The second kappa shape index (κ2) is 5.38. The van der Waals surface area contributed by atoms with E-state index in [1.54, 1.807) is 0 Å². The maximum Gasteiger partial charge on any atom is 0.307 e. The van der Waals surface area contributed by atoms with Crippen LogP contribution in [0.1, 0.15) is 11.3 Å². The minimum absolute atomic E-state index is 0.0554. The van der Waals surface area contributed by atoms with Gasteiger partial charge in [-0.15, -0.1) is 11.3 Å². The molecule has 0 bridgehead atoms. The van der Waals surface area contributed by atoms with Crippen LogP contribution in [0.5, 0.6) is 0 Å². The van der Waals surface area contributed by atoms with E-state index in [4.69, 9.17) is 5.11 Å². The quantitative estimate of drug-likeness (QED) is 0.878. The van der Waals surface area contributed by atoms with Crippen LogP contribution in [0.15, 0.2) is 17.5 Å². The van der Waals surface area contributed by atoms with Crippen LogP contribution in [0, 0.1) is 5.92 Å². The minimum atomic E-state index is -3.33. The van der Waals surface area contributed by atoms with Crippen LogP contribution in [0.25, 0.3) is 0 Å². The van der Waals surface area contributed by atoms with Gasteiger partial charge in [0.15, 0.2) is 0 Å². The molecule has 1 unspecified atom stereocenters. The second-order valence-electron chi connectivity index (χ2n) is 4.33. The van der Waals surface area contributed by atoms with Crippen molar-refractivity contribution in [2.45, 2.75) is 12.8 Å². The van der Waals surface area contributed by atoms with Gasteiger partial charge in [-0.3, -0.25) is 4.79 Å². The molecule has 0 aromatic carbocycles. The number of rotatable bonds is 5. The number of aryl methyl sites for hydroxylation is 1. The number of nitrogens with zero attached hydrogens (tertiary/aromatic N) is 1. The smallest absolute Gasteiger partial charge is 0.307 e. The van der Waals surface area contributed by atoms with Crippen molar-refractivity contribution in [1.29, 1.82) is 0 Å². The third-order valence-electron chi connectivity index (χ3n) is 3.08. The normalized spacial score (nSPS) is 21.2. The summed E-state index contributed by atoms with van der Waals surface area (Å²) >= 11 is 1.53. The van der Waals surface area contributed by atoms with Crippen LogP contribution in [0.4, 0.5) is 0 Å². The molecule has 100 valence electrons. The molecule has 18 heavy (non-hydrogen) atoms. The summed E-state index contributed by atoms with van der Waals surface area (Å²) < 4.78 is 25.4. The predicted molar refractivity (Wildman–Crippen MR) is 69.1 cm³/mol. The monoisotopic (exact) mass is 289 g/mol. The van der Waals surface area contributed by atoms with E-state index >= 15 is 0 Å². The molecule has 1 aliphatic rings. The zero-order valence-corrected chi connectivity index (χ0v) is 11.4. The second-order valence-corrected chi connectivity index (χ2v) is 7.45. The van der Waals surface area contributed by atoms with Crippen LogP contribution in [-0.4, -0.2) is 42.6 Å². The summed E-state index contributed by atoms with van der Waals surface area (Å²) in [7, 11) is -3.33. The molecule has 1 atom stereocenters. The first-order valence-electron chi connectivity index (χ1n) is 5.72. The van der Waals surface area contributed by atoms with Crippen LogP contribution < -0.4 is 0 Å². The Morgan fingerprint density at radius 1 is 1.56 bits per heavy atom. The fourth-order valence-corrected chi connectivity index (χ4v) is 4.36. The van der Waals surface area contributed by atoms with Crippen molar-refractivity contribution in [2.24, 2.45) is 5.92 Å². The Hall–Kier alpha value is -0.920. The summed E-state index contributed by atoms with van der Waals surface area (Å²) in [5.74, 6) is -1.41. The number of carbonyl (C=O) groups is 1. The Balaban J connectivity index is 1.93. The highest BCUT2D eigenvalue weighted by Crippen LogP contribution is 2.21. The molecule has 0 spiro atoms. The van der Waals surface area contributed by atoms with Gasteiger partial charge in [-0.1, -0.05) is 6.07 Å². The number of hydrogen-bond donors (Lipinski definition) is 1. The first kappa shape index (κ1) is 13.5. The maximum atomic E-state index is 12.0. The molecule has 0 radical (unpaired) electrons. The van der Waals surface area contributed by atoms with E-state index in [1.165, 1.54) is 15.6 Å². The van der Waals surface area contributed by atoms with Crippen molar-refractivity contribution in [3.63, 3.8) is 0 Å². The number of carboxylic acids is 1. The van der Waals surface area contributed by atoms with Gasteiger partial charge in [0.2, 0.25) is 10.0 Å². The predicted octanol–water partition coefficient (Wildman–Crippen LogP) is 1.03. The van der Waals surface area contributed by atoms with Gasteiger partial charge < -0.3 is 5.11 Å². The Labute approximate surface area is 110 Å². The van der Waals surface area contributed by atoms with Crippen molar-refractivity contribution in [3.05, 3.63) is 22.4 Å². The van der Waals surface area contributed by atoms with E-state index in [0.29, 0.717) is 19.4 Å². The highest BCUT2D eigenvalue weighted by molar-refractivity contribution is 7.89. The van der Waals surface area contributed by atoms with E-state index in [9.17, 15) is 13.2 Å². The molecule has 1 saturated heterocycles.